The maximum Gasteiger partial charge on any atom is 0.252 e. The van der Waals surface area contributed by atoms with Gasteiger partial charge in [0.05, 0.1) is 0 Å². The number of aliphatic hydroxyl groups excluding tert-OH is 1. The summed E-state index contributed by atoms with van der Waals surface area (Å²) in [5.41, 5.74) is -0.110. The van der Waals surface area contributed by atoms with Crippen molar-refractivity contribution in [2.45, 2.75) is 38.6 Å². The molecule has 1 saturated carbocycles. The number of aromatic nitrogens is 2. The maximum atomic E-state index is 11.4. The first-order chi connectivity index (χ1) is 8.20. The van der Waals surface area contributed by atoms with E-state index in [0.717, 1.165) is 25.2 Å². The van der Waals surface area contributed by atoms with Crippen LogP contribution >= 0.6 is 0 Å². The molecule has 5 nitrogen and oxygen atoms in total. The van der Waals surface area contributed by atoms with Gasteiger partial charge in [-0.15, -0.1) is 0 Å². The molecule has 17 heavy (non-hydrogen) atoms. The molecule has 0 atom stereocenters. The van der Waals surface area contributed by atoms with E-state index in [9.17, 15) is 4.79 Å². The summed E-state index contributed by atoms with van der Waals surface area (Å²) in [6, 6.07) is 2.03. The quantitative estimate of drug-likeness (QED) is 0.795. The van der Waals surface area contributed by atoms with E-state index in [1.165, 1.54) is 6.42 Å². The third kappa shape index (κ3) is 2.85. The molecule has 2 rings (SSSR count). The Labute approximate surface area is 100 Å². The van der Waals surface area contributed by atoms with Crippen LogP contribution in [0.1, 0.15) is 31.5 Å². The van der Waals surface area contributed by atoms with Gasteiger partial charge in [0, 0.05) is 25.3 Å². The smallest absolute Gasteiger partial charge is 0.252 e. The fraction of sp³-hybridized carbons (Fsp3) is 0.667. The van der Waals surface area contributed by atoms with Crippen molar-refractivity contribution in [1.82, 2.24) is 9.97 Å². The summed E-state index contributed by atoms with van der Waals surface area (Å²) in [6.07, 6.45) is 4.25. The molecule has 0 saturated heterocycles. The van der Waals surface area contributed by atoms with E-state index in [4.69, 9.17) is 5.11 Å². The van der Waals surface area contributed by atoms with Gasteiger partial charge >= 0.3 is 0 Å². The highest BCUT2D eigenvalue weighted by Crippen LogP contribution is 2.28. The molecule has 0 radical (unpaired) electrons. The fourth-order valence-corrected chi connectivity index (χ4v) is 2.13. The molecule has 1 aliphatic carbocycles. The van der Waals surface area contributed by atoms with Crippen LogP contribution in [0, 0.1) is 6.92 Å². The maximum absolute atomic E-state index is 11.4. The van der Waals surface area contributed by atoms with Crippen molar-refractivity contribution < 1.29 is 5.11 Å². The van der Waals surface area contributed by atoms with E-state index >= 15 is 0 Å². The van der Waals surface area contributed by atoms with Crippen molar-refractivity contribution in [3.8, 4) is 0 Å². The van der Waals surface area contributed by atoms with Gasteiger partial charge in [-0.1, -0.05) is 0 Å². The van der Waals surface area contributed by atoms with Gasteiger partial charge in [0.25, 0.3) is 5.56 Å². The lowest BCUT2D eigenvalue weighted by molar-refractivity contribution is 0.282. The van der Waals surface area contributed by atoms with Crippen LogP contribution in [0.2, 0.25) is 0 Å². The summed E-state index contributed by atoms with van der Waals surface area (Å²) >= 11 is 0. The zero-order valence-corrected chi connectivity index (χ0v) is 10.1. The first kappa shape index (κ1) is 12.1. The molecule has 1 heterocycles. The average molecular weight is 237 g/mol. The second-order valence-electron chi connectivity index (χ2n) is 4.54. The summed E-state index contributed by atoms with van der Waals surface area (Å²) in [4.78, 5) is 20.6. The minimum Gasteiger partial charge on any atom is -0.396 e. The Kier molecular flexibility index (Phi) is 3.78. The SMILES string of the molecule is Cc1nc(N(CCCO)C2CCC2)cc(=O)[nH]1. The lowest BCUT2D eigenvalue weighted by atomic mass is 9.91. The van der Waals surface area contributed by atoms with Gasteiger partial charge in [-0.05, 0) is 32.6 Å². The molecule has 94 valence electrons. The Morgan fingerprint density at radius 1 is 1.59 bits per heavy atom. The predicted molar refractivity (Wildman–Crippen MR) is 66.3 cm³/mol. The topological polar surface area (TPSA) is 69.2 Å². The molecule has 0 amide bonds. The predicted octanol–water partition coefficient (Wildman–Crippen LogP) is 0.820. The van der Waals surface area contributed by atoms with Crippen LogP contribution < -0.4 is 10.5 Å². The molecule has 2 N–H and O–H groups in total. The van der Waals surface area contributed by atoms with Crippen molar-refractivity contribution in [1.29, 1.82) is 0 Å². The normalized spacial score (nSPS) is 15.6. The van der Waals surface area contributed by atoms with Crippen LogP contribution in [0.4, 0.5) is 5.82 Å². The summed E-state index contributed by atoms with van der Waals surface area (Å²) in [7, 11) is 0. The van der Waals surface area contributed by atoms with Crippen LogP contribution in [0.3, 0.4) is 0 Å². The molecular formula is C12H19N3O2. The molecule has 1 aliphatic rings. The van der Waals surface area contributed by atoms with Gasteiger partial charge < -0.3 is 15.0 Å². The molecule has 0 spiro atoms. The molecule has 1 aromatic rings. The summed E-state index contributed by atoms with van der Waals surface area (Å²) in [5.74, 6) is 1.38. The lowest BCUT2D eigenvalue weighted by Gasteiger charge is -2.38. The number of hydrogen-bond acceptors (Lipinski definition) is 4. The third-order valence-corrected chi connectivity index (χ3v) is 3.21. The number of rotatable bonds is 5. The van der Waals surface area contributed by atoms with E-state index in [1.807, 2.05) is 0 Å². The largest absolute Gasteiger partial charge is 0.396 e. The van der Waals surface area contributed by atoms with Crippen LogP contribution in [-0.4, -0.2) is 34.3 Å². The number of aryl methyl sites for hydroxylation is 1. The Morgan fingerprint density at radius 3 is 2.88 bits per heavy atom. The minimum absolute atomic E-state index is 0.110. The van der Waals surface area contributed by atoms with Gasteiger partial charge in [-0.3, -0.25) is 4.79 Å². The lowest BCUT2D eigenvalue weighted by Crippen LogP contribution is -2.42. The Morgan fingerprint density at radius 2 is 2.35 bits per heavy atom. The monoisotopic (exact) mass is 237 g/mol. The number of anilines is 1. The number of H-pyrrole nitrogens is 1. The first-order valence-corrected chi connectivity index (χ1v) is 6.16. The Hall–Kier alpha value is -1.36. The van der Waals surface area contributed by atoms with Crippen molar-refractivity contribution in [3.05, 3.63) is 22.2 Å². The van der Waals surface area contributed by atoms with Crippen LogP contribution in [-0.2, 0) is 0 Å². The molecule has 0 unspecified atom stereocenters. The van der Waals surface area contributed by atoms with Gasteiger partial charge in [-0.25, -0.2) is 4.98 Å². The number of nitrogens with one attached hydrogen (secondary N) is 1. The first-order valence-electron chi connectivity index (χ1n) is 6.16. The fourth-order valence-electron chi connectivity index (χ4n) is 2.13. The molecular weight excluding hydrogens is 218 g/mol. The van der Waals surface area contributed by atoms with Gasteiger partial charge in [0.1, 0.15) is 11.6 Å². The van der Waals surface area contributed by atoms with Crippen molar-refractivity contribution >= 4 is 5.82 Å². The van der Waals surface area contributed by atoms with Crippen LogP contribution in [0.15, 0.2) is 10.9 Å². The molecule has 1 aromatic heterocycles. The van der Waals surface area contributed by atoms with E-state index in [1.54, 1.807) is 13.0 Å². The number of nitrogens with zero attached hydrogens (tertiary/aromatic N) is 2. The van der Waals surface area contributed by atoms with Gasteiger partial charge in [-0.2, -0.15) is 0 Å². The van der Waals surface area contributed by atoms with Crippen molar-refractivity contribution in [2.24, 2.45) is 0 Å². The standard InChI is InChI=1S/C12H19N3O2/c1-9-13-11(8-12(17)14-9)15(6-3-7-16)10-4-2-5-10/h8,10,16H,2-7H2,1H3,(H,13,14,17). The molecule has 0 bridgehead atoms. The molecule has 5 heteroatoms. The van der Waals surface area contributed by atoms with E-state index < -0.39 is 0 Å². The van der Waals surface area contributed by atoms with Gasteiger partial charge in [0.15, 0.2) is 0 Å². The number of hydrogen-bond donors (Lipinski definition) is 2. The highest BCUT2D eigenvalue weighted by Gasteiger charge is 2.25. The van der Waals surface area contributed by atoms with Crippen molar-refractivity contribution in [3.63, 3.8) is 0 Å². The van der Waals surface area contributed by atoms with Crippen LogP contribution in [0.5, 0.6) is 0 Å². The average Bonchev–Trinajstić information content (AvgIpc) is 2.19. The second-order valence-corrected chi connectivity index (χ2v) is 4.54. The van der Waals surface area contributed by atoms with Crippen molar-refractivity contribution in [2.75, 3.05) is 18.1 Å². The van der Waals surface area contributed by atoms with E-state index in [0.29, 0.717) is 18.3 Å². The Balaban J connectivity index is 2.20. The molecule has 0 aromatic carbocycles. The Bertz CT molecular complexity index is 426. The summed E-state index contributed by atoms with van der Waals surface area (Å²) in [5, 5.41) is 8.93. The summed E-state index contributed by atoms with van der Waals surface area (Å²) < 4.78 is 0. The molecule has 0 aliphatic heterocycles. The summed E-state index contributed by atoms with van der Waals surface area (Å²) in [6.45, 7) is 2.72. The van der Waals surface area contributed by atoms with E-state index in [-0.39, 0.29) is 12.2 Å². The van der Waals surface area contributed by atoms with E-state index in [2.05, 4.69) is 14.9 Å². The zero-order chi connectivity index (χ0) is 12.3. The van der Waals surface area contributed by atoms with Crippen LogP contribution in [0.25, 0.3) is 0 Å². The highest BCUT2D eigenvalue weighted by atomic mass is 16.3. The van der Waals surface area contributed by atoms with Gasteiger partial charge in [0.2, 0.25) is 0 Å². The minimum atomic E-state index is -0.110. The second kappa shape index (κ2) is 5.31. The zero-order valence-electron chi connectivity index (χ0n) is 10.1. The third-order valence-electron chi connectivity index (χ3n) is 3.21. The number of aromatic amines is 1. The molecule has 1 fully saturated rings. The number of aliphatic hydroxyl groups is 1. The highest BCUT2D eigenvalue weighted by molar-refractivity contribution is 5.39.